The zero-order chi connectivity index (χ0) is 15.6. The third-order valence-electron chi connectivity index (χ3n) is 2.98. The van der Waals surface area contributed by atoms with Crippen LogP contribution in [0.15, 0.2) is 18.2 Å². The van der Waals surface area contributed by atoms with Gasteiger partial charge in [-0.25, -0.2) is 0 Å². The van der Waals surface area contributed by atoms with E-state index in [4.69, 9.17) is 33.0 Å². The van der Waals surface area contributed by atoms with Gasteiger partial charge in [0.2, 0.25) is 0 Å². The van der Waals surface area contributed by atoms with Gasteiger partial charge >= 0.3 is 11.9 Å². The van der Waals surface area contributed by atoms with Gasteiger partial charge in [-0.1, -0.05) is 23.2 Å². The summed E-state index contributed by atoms with van der Waals surface area (Å²) >= 11 is 12.1. The molecule has 21 heavy (non-hydrogen) atoms. The molecule has 1 N–H and O–H groups in total. The Morgan fingerprint density at radius 2 is 2.05 bits per heavy atom. The van der Waals surface area contributed by atoms with Crippen molar-refractivity contribution in [2.24, 2.45) is 0 Å². The van der Waals surface area contributed by atoms with Crippen LogP contribution in [0.4, 0.5) is 0 Å². The Morgan fingerprint density at radius 1 is 1.33 bits per heavy atom. The van der Waals surface area contributed by atoms with E-state index in [1.54, 1.807) is 29.7 Å². The van der Waals surface area contributed by atoms with Crippen molar-refractivity contribution in [1.29, 1.82) is 0 Å². The summed E-state index contributed by atoms with van der Waals surface area (Å²) in [7, 11) is 0. The van der Waals surface area contributed by atoms with Gasteiger partial charge in [0, 0.05) is 11.1 Å². The normalized spacial score (nSPS) is 10.8. The molecule has 0 aliphatic rings. The van der Waals surface area contributed by atoms with Gasteiger partial charge in [0.25, 0.3) is 0 Å². The van der Waals surface area contributed by atoms with E-state index in [0.29, 0.717) is 26.6 Å². The topological polar surface area (TPSA) is 68.5 Å². The first-order chi connectivity index (χ1) is 9.93. The Hall–Kier alpha value is -1.72. The maximum absolute atomic E-state index is 11.7. The first kappa shape index (κ1) is 15.7. The van der Waals surface area contributed by atoms with Crippen molar-refractivity contribution in [1.82, 2.24) is 4.57 Å². The molecule has 0 radical (unpaired) electrons. The second-order valence-corrected chi connectivity index (χ2v) is 5.18. The molecular formula is C14H13Cl2NO4. The highest BCUT2D eigenvalue weighted by Crippen LogP contribution is 2.33. The Balaban J connectivity index is 2.55. The number of esters is 1. The number of carboxylic acids is 1. The highest BCUT2D eigenvalue weighted by Gasteiger charge is 2.17. The second-order valence-electron chi connectivity index (χ2n) is 4.39. The van der Waals surface area contributed by atoms with Crippen molar-refractivity contribution in [2.75, 3.05) is 6.61 Å². The molecular weight excluding hydrogens is 317 g/mol. The summed E-state index contributed by atoms with van der Waals surface area (Å²) in [5, 5.41) is 10.3. The zero-order valence-corrected chi connectivity index (χ0v) is 12.7. The van der Waals surface area contributed by atoms with E-state index in [1.807, 2.05) is 0 Å². The van der Waals surface area contributed by atoms with Gasteiger partial charge < -0.3 is 14.4 Å². The molecule has 1 aromatic heterocycles. The molecule has 0 amide bonds. The zero-order valence-electron chi connectivity index (χ0n) is 11.2. The summed E-state index contributed by atoms with van der Waals surface area (Å²) in [6.45, 7) is 1.90. The van der Waals surface area contributed by atoms with Gasteiger partial charge in [0.15, 0.2) is 0 Å². The number of rotatable bonds is 5. The molecule has 0 saturated carbocycles. The average Bonchev–Trinajstić information content (AvgIpc) is 2.73. The highest BCUT2D eigenvalue weighted by atomic mass is 35.5. The number of nitrogens with zero attached hydrogens (tertiary/aromatic N) is 1. The standard InChI is InChI=1S/C14H13Cl2NO4/c1-2-21-13(20)7-17-8(6-12(18)19)5-9-11(17)4-3-10(15)14(9)16/h3-5H,2,6-7H2,1H3,(H,18,19). The minimum Gasteiger partial charge on any atom is -0.481 e. The third-order valence-corrected chi connectivity index (χ3v) is 3.80. The van der Waals surface area contributed by atoms with Crippen LogP contribution in [0, 0.1) is 0 Å². The monoisotopic (exact) mass is 329 g/mol. The van der Waals surface area contributed by atoms with Crippen molar-refractivity contribution in [3.05, 3.63) is 33.9 Å². The van der Waals surface area contributed by atoms with Gasteiger partial charge in [-0.15, -0.1) is 0 Å². The first-order valence-electron chi connectivity index (χ1n) is 6.27. The number of aromatic nitrogens is 1. The molecule has 0 aliphatic heterocycles. The van der Waals surface area contributed by atoms with E-state index in [1.165, 1.54) is 0 Å². The molecule has 0 aliphatic carbocycles. The summed E-state index contributed by atoms with van der Waals surface area (Å²) in [5.41, 5.74) is 1.11. The van der Waals surface area contributed by atoms with E-state index < -0.39 is 11.9 Å². The number of hydrogen-bond donors (Lipinski definition) is 1. The van der Waals surface area contributed by atoms with Crippen LogP contribution in [0.1, 0.15) is 12.6 Å². The fourth-order valence-corrected chi connectivity index (χ4v) is 2.53. The Labute approximate surface area is 131 Å². The lowest BCUT2D eigenvalue weighted by Gasteiger charge is -2.09. The number of hydrogen-bond acceptors (Lipinski definition) is 3. The lowest BCUT2D eigenvalue weighted by molar-refractivity contribution is -0.144. The van der Waals surface area contributed by atoms with Gasteiger partial charge in [0.05, 0.1) is 28.6 Å². The highest BCUT2D eigenvalue weighted by molar-refractivity contribution is 6.45. The Morgan fingerprint density at radius 3 is 2.67 bits per heavy atom. The van der Waals surface area contributed by atoms with Gasteiger partial charge in [-0.2, -0.15) is 0 Å². The molecule has 112 valence electrons. The Kier molecular flexibility index (Phi) is 4.75. The molecule has 0 saturated heterocycles. The quantitative estimate of drug-likeness (QED) is 0.855. The summed E-state index contributed by atoms with van der Waals surface area (Å²) < 4.78 is 6.50. The molecule has 0 atom stereocenters. The van der Waals surface area contributed by atoms with Crippen LogP contribution in [-0.4, -0.2) is 28.2 Å². The summed E-state index contributed by atoms with van der Waals surface area (Å²) in [4.78, 5) is 22.7. The van der Waals surface area contributed by atoms with Crippen LogP contribution < -0.4 is 0 Å². The molecule has 7 heteroatoms. The van der Waals surface area contributed by atoms with Gasteiger partial charge in [0.1, 0.15) is 6.54 Å². The predicted octanol–water partition coefficient (Wildman–Crippen LogP) is 3.14. The van der Waals surface area contributed by atoms with Crippen molar-refractivity contribution >= 4 is 46.0 Å². The van der Waals surface area contributed by atoms with Crippen LogP contribution in [0.3, 0.4) is 0 Å². The summed E-state index contributed by atoms with van der Waals surface area (Å²) in [5.74, 6) is -1.43. The van der Waals surface area contributed by atoms with Crippen LogP contribution >= 0.6 is 23.2 Å². The van der Waals surface area contributed by atoms with Crippen molar-refractivity contribution in [3.63, 3.8) is 0 Å². The lowest BCUT2D eigenvalue weighted by Crippen LogP contribution is -2.16. The van der Waals surface area contributed by atoms with Gasteiger partial charge in [-0.3, -0.25) is 9.59 Å². The number of fused-ring (bicyclic) bond motifs is 1. The number of benzene rings is 1. The Bertz CT molecular complexity index is 709. The number of carbonyl (C=O) groups is 2. The minimum absolute atomic E-state index is 0.0715. The van der Waals surface area contributed by atoms with Crippen LogP contribution in [0.5, 0.6) is 0 Å². The smallest absolute Gasteiger partial charge is 0.325 e. The second kappa shape index (κ2) is 6.37. The van der Waals surface area contributed by atoms with Crippen LogP contribution in [0.25, 0.3) is 10.9 Å². The third kappa shape index (κ3) is 3.31. The summed E-state index contributed by atoms with van der Waals surface area (Å²) in [6, 6.07) is 4.95. The SMILES string of the molecule is CCOC(=O)Cn1c(CC(=O)O)cc2c(Cl)c(Cl)ccc21. The lowest BCUT2D eigenvalue weighted by atomic mass is 10.2. The fraction of sp³-hybridized carbons (Fsp3) is 0.286. The molecule has 2 rings (SSSR count). The van der Waals surface area contributed by atoms with Crippen LogP contribution in [-0.2, 0) is 27.3 Å². The van der Waals surface area contributed by atoms with E-state index >= 15 is 0 Å². The number of ether oxygens (including phenoxy) is 1. The van der Waals surface area contributed by atoms with E-state index in [-0.39, 0.29) is 19.6 Å². The van der Waals surface area contributed by atoms with E-state index in [9.17, 15) is 9.59 Å². The number of carbonyl (C=O) groups excluding carboxylic acids is 1. The van der Waals surface area contributed by atoms with Crippen LogP contribution in [0.2, 0.25) is 10.0 Å². The molecule has 0 fully saturated rings. The molecule has 0 unspecified atom stereocenters. The first-order valence-corrected chi connectivity index (χ1v) is 7.03. The number of aliphatic carboxylic acids is 1. The number of carboxylic acid groups (broad SMARTS) is 1. The molecule has 5 nitrogen and oxygen atoms in total. The maximum atomic E-state index is 11.7. The molecule has 1 heterocycles. The largest absolute Gasteiger partial charge is 0.481 e. The van der Waals surface area contributed by atoms with E-state index in [2.05, 4.69) is 0 Å². The maximum Gasteiger partial charge on any atom is 0.325 e. The minimum atomic E-state index is -0.995. The molecule has 0 spiro atoms. The van der Waals surface area contributed by atoms with Gasteiger partial charge in [-0.05, 0) is 25.1 Å². The molecule has 1 aromatic carbocycles. The van der Waals surface area contributed by atoms with Crippen molar-refractivity contribution < 1.29 is 19.4 Å². The van der Waals surface area contributed by atoms with Crippen molar-refractivity contribution in [3.8, 4) is 0 Å². The fourth-order valence-electron chi connectivity index (χ4n) is 2.15. The summed E-state index contributed by atoms with van der Waals surface area (Å²) in [6.07, 6.45) is -0.220. The average molecular weight is 330 g/mol. The van der Waals surface area contributed by atoms with Crippen molar-refractivity contribution in [2.45, 2.75) is 19.9 Å². The molecule has 2 aromatic rings. The molecule has 0 bridgehead atoms. The predicted molar refractivity (Wildman–Crippen MR) is 79.9 cm³/mol. The van der Waals surface area contributed by atoms with E-state index in [0.717, 1.165) is 0 Å². The number of halogens is 2.